The van der Waals surface area contributed by atoms with E-state index in [1.807, 2.05) is 6.92 Å². The molecule has 0 aliphatic carbocycles. The van der Waals surface area contributed by atoms with Crippen LogP contribution in [-0.4, -0.2) is 16.1 Å². The van der Waals surface area contributed by atoms with Gasteiger partial charge in [0.1, 0.15) is 5.75 Å². The van der Waals surface area contributed by atoms with Crippen LogP contribution in [-0.2, 0) is 10.8 Å². The van der Waals surface area contributed by atoms with Crippen molar-refractivity contribution in [2.45, 2.75) is 18.0 Å². The highest BCUT2D eigenvalue weighted by Crippen LogP contribution is 2.19. The van der Waals surface area contributed by atoms with Crippen molar-refractivity contribution in [2.24, 2.45) is 0 Å². The molecule has 1 aromatic rings. The molecule has 1 atom stereocenters. The van der Waals surface area contributed by atoms with Crippen LogP contribution in [0.25, 0.3) is 0 Å². The van der Waals surface area contributed by atoms with E-state index < -0.39 is 22.7 Å². The van der Waals surface area contributed by atoms with Gasteiger partial charge in [-0.1, -0.05) is 17.7 Å². The molecule has 0 bridgehead atoms. The Morgan fingerprint density at radius 1 is 1.21 bits per heavy atom. The number of hydrogen-bond acceptors (Lipinski definition) is 1. The summed E-state index contributed by atoms with van der Waals surface area (Å²) in [5.41, 5.74) is 0.928. The minimum absolute atomic E-state index is 0.216. The van der Waals surface area contributed by atoms with Crippen molar-refractivity contribution in [3.05, 3.63) is 29.8 Å². The lowest BCUT2D eigenvalue weighted by Gasteiger charge is -2.06. The first-order chi connectivity index (χ1) is 6.38. The van der Waals surface area contributed by atoms with Gasteiger partial charge in [-0.3, -0.25) is 4.21 Å². The van der Waals surface area contributed by atoms with Crippen molar-refractivity contribution in [2.75, 3.05) is 5.75 Å². The van der Waals surface area contributed by atoms with E-state index in [0.717, 1.165) is 5.56 Å². The molecule has 0 fully saturated rings. The van der Waals surface area contributed by atoms with Gasteiger partial charge in [0.15, 0.2) is 0 Å². The molecule has 0 N–H and O–H groups in total. The van der Waals surface area contributed by atoms with Crippen molar-refractivity contribution in [1.29, 1.82) is 0 Å². The molecule has 78 valence electrons. The Balaban J connectivity index is 2.76. The molecule has 0 spiro atoms. The summed E-state index contributed by atoms with van der Waals surface area (Å²) in [5, 5.41) is 0. The van der Waals surface area contributed by atoms with Crippen LogP contribution in [0.15, 0.2) is 29.2 Å². The predicted octanol–water partition coefficient (Wildman–Crippen LogP) is 2.66. The molecule has 1 unspecified atom stereocenters. The second kappa shape index (κ2) is 4.13. The zero-order chi connectivity index (χ0) is 10.8. The van der Waals surface area contributed by atoms with Crippen LogP contribution >= 0.6 is 0 Å². The molecule has 1 aromatic carbocycles. The molecule has 0 saturated heterocycles. The van der Waals surface area contributed by atoms with Gasteiger partial charge in [-0.25, -0.2) is 0 Å². The summed E-state index contributed by atoms with van der Waals surface area (Å²) in [7, 11) is -1.99. The van der Waals surface area contributed by atoms with Gasteiger partial charge < -0.3 is 0 Å². The van der Waals surface area contributed by atoms with Gasteiger partial charge in [-0.2, -0.15) is 13.2 Å². The zero-order valence-electron chi connectivity index (χ0n) is 7.47. The fraction of sp³-hybridized carbons (Fsp3) is 0.333. The monoisotopic (exact) mass is 222 g/mol. The summed E-state index contributed by atoms with van der Waals surface area (Å²) in [6.45, 7) is 1.82. The Bertz CT molecular complexity index is 329. The second-order valence-electron chi connectivity index (χ2n) is 2.92. The first-order valence-electron chi connectivity index (χ1n) is 3.90. The third-order valence-corrected chi connectivity index (χ3v) is 2.97. The normalized spacial score (nSPS) is 14.0. The number of benzene rings is 1. The third-order valence-electron chi connectivity index (χ3n) is 1.58. The smallest absolute Gasteiger partial charge is 0.254 e. The molecular weight excluding hydrogens is 213 g/mol. The molecule has 0 saturated carbocycles. The molecule has 0 radical (unpaired) electrons. The third kappa shape index (κ3) is 3.49. The first kappa shape index (κ1) is 11.2. The van der Waals surface area contributed by atoms with Gasteiger partial charge in [0.05, 0.1) is 10.8 Å². The van der Waals surface area contributed by atoms with E-state index in [1.54, 1.807) is 12.1 Å². The predicted molar refractivity (Wildman–Crippen MR) is 48.5 cm³/mol. The van der Waals surface area contributed by atoms with E-state index in [1.165, 1.54) is 12.1 Å². The van der Waals surface area contributed by atoms with Crippen molar-refractivity contribution < 1.29 is 17.4 Å². The largest absolute Gasteiger partial charge is 0.400 e. The fourth-order valence-corrected chi connectivity index (χ4v) is 1.83. The van der Waals surface area contributed by atoms with E-state index in [4.69, 9.17) is 0 Å². The quantitative estimate of drug-likeness (QED) is 0.751. The number of alkyl halides is 3. The number of aryl methyl sites for hydroxylation is 1. The molecule has 1 rings (SSSR count). The SMILES string of the molecule is Cc1ccc(S(=O)CC(F)(F)F)cc1. The standard InChI is InChI=1S/C9H9F3OS/c1-7-2-4-8(5-3-7)14(13)6-9(10,11)12/h2-5H,6H2,1H3. The number of halogens is 3. The summed E-state index contributed by atoms with van der Waals surface area (Å²) in [6, 6.07) is 6.20. The maximum absolute atomic E-state index is 11.9. The first-order valence-corrected chi connectivity index (χ1v) is 5.22. The lowest BCUT2D eigenvalue weighted by molar-refractivity contribution is -0.105. The highest BCUT2D eigenvalue weighted by atomic mass is 32.2. The van der Waals surface area contributed by atoms with E-state index >= 15 is 0 Å². The summed E-state index contributed by atoms with van der Waals surface area (Å²) >= 11 is 0. The Labute approximate surface area is 82.4 Å². The Morgan fingerprint density at radius 2 is 1.71 bits per heavy atom. The van der Waals surface area contributed by atoms with Crippen LogP contribution < -0.4 is 0 Å². The van der Waals surface area contributed by atoms with Gasteiger partial charge in [-0.15, -0.1) is 0 Å². The van der Waals surface area contributed by atoms with Crippen LogP contribution in [0.4, 0.5) is 13.2 Å². The van der Waals surface area contributed by atoms with Crippen LogP contribution in [0.3, 0.4) is 0 Å². The molecule has 1 nitrogen and oxygen atoms in total. The molecule has 0 aromatic heterocycles. The molecule has 14 heavy (non-hydrogen) atoms. The van der Waals surface area contributed by atoms with Crippen LogP contribution in [0, 0.1) is 6.92 Å². The van der Waals surface area contributed by atoms with Crippen molar-refractivity contribution in [1.82, 2.24) is 0 Å². The molecule has 0 heterocycles. The summed E-state index contributed by atoms with van der Waals surface area (Å²) < 4.78 is 46.8. The maximum Gasteiger partial charge on any atom is 0.400 e. The van der Waals surface area contributed by atoms with Gasteiger partial charge >= 0.3 is 6.18 Å². The molecule has 0 aliphatic rings. The van der Waals surface area contributed by atoms with Gasteiger partial charge in [0.2, 0.25) is 0 Å². The minimum Gasteiger partial charge on any atom is -0.254 e. The van der Waals surface area contributed by atoms with Gasteiger partial charge in [0.25, 0.3) is 0 Å². The maximum atomic E-state index is 11.9. The van der Waals surface area contributed by atoms with Crippen LogP contribution in [0.2, 0.25) is 0 Å². The average Bonchev–Trinajstić information content (AvgIpc) is 2.02. The average molecular weight is 222 g/mol. The number of hydrogen-bond donors (Lipinski definition) is 0. The zero-order valence-corrected chi connectivity index (χ0v) is 8.28. The second-order valence-corrected chi connectivity index (χ2v) is 4.37. The molecular formula is C9H9F3OS. The van der Waals surface area contributed by atoms with E-state index in [0.29, 0.717) is 0 Å². The lowest BCUT2D eigenvalue weighted by Crippen LogP contribution is -2.18. The molecule has 0 aliphatic heterocycles. The van der Waals surface area contributed by atoms with Gasteiger partial charge in [0, 0.05) is 4.90 Å². The van der Waals surface area contributed by atoms with E-state index in [-0.39, 0.29) is 4.90 Å². The summed E-state index contributed by atoms with van der Waals surface area (Å²) in [4.78, 5) is 0.216. The van der Waals surface area contributed by atoms with Crippen molar-refractivity contribution in [3.8, 4) is 0 Å². The van der Waals surface area contributed by atoms with Crippen molar-refractivity contribution in [3.63, 3.8) is 0 Å². The van der Waals surface area contributed by atoms with Crippen LogP contribution in [0.1, 0.15) is 5.56 Å². The topological polar surface area (TPSA) is 17.1 Å². The minimum atomic E-state index is -4.38. The summed E-state index contributed by atoms with van der Waals surface area (Å²) in [5.74, 6) is -1.28. The van der Waals surface area contributed by atoms with Gasteiger partial charge in [-0.05, 0) is 19.1 Å². The Hall–Kier alpha value is -0.840. The Kier molecular flexibility index (Phi) is 3.31. The fourth-order valence-electron chi connectivity index (χ4n) is 0.922. The highest BCUT2D eigenvalue weighted by molar-refractivity contribution is 7.85. The van der Waals surface area contributed by atoms with Crippen LogP contribution in [0.5, 0.6) is 0 Å². The van der Waals surface area contributed by atoms with E-state index in [9.17, 15) is 17.4 Å². The Morgan fingerprint density at radius 3 is 2.14 bits per heavy atom. The lowest BCUT2D eigenvalue weighted by atomic mass is 10.2. The highest BCUT2D eigenvalue weighted by Gasteiger charge is 2.30. The molecule has 5 heteroatoms. The van der Waals surface area contributed by atoms with E-state index in [2.05, 4.69) is 0 Å². The number of rotatable bonds is 2. The summed E-state index contributed by atoms with van der Waals surface area (Å²) in [6.07, 6.45) is -4.38. The molecule has 0 amide bonds. The van der Waals surface area contributed by atoms with Crippen molar-refractivity contribution >= 4 is 10.8 Å².